The smallest absolute Gasteiger partial charge is 0.226 e. The summed E-state index contributed by atoms with van der Waals surface area (Å²) in [5.74, 6) is -0.0898. The molecule has 2 N–H and O–H groups in total. The van der Waals surface area contributed by atoms with Gasteiger partial charge in [0, 0.05) is 12.7 Å². The summed E-state index contributed by atoms with van der Waals surface area (Å²) in [5.41, 5.74) is 0.491. The number of phenolic OH excluding ortho intramolecular Hbond substituents is 1. The van der Waals surface area contributed by atoms with Crippen molar-refractivity contribution < 1.29 is 14.6 Å². The second-order valence-electron chi connectivity index (χ2n) is 3.57. The van der Waals surface area contributed by atoms with Gasteiger partial charge in [-0.2, -0.15) is 0 Å². The van der Waals surface area contributed by atoms with E-state index < -0.39 is 0 Å². The lowest BCUT2D eigenvalue weighted by molar-refractivity contribution is -0.117. The van der Waals surface area contributed by atoms with Gasteiger partial charge in [0.15, 0.2) is 0 Å². The Morgan fingerprint density at radius 3 is 2.88 bits per heavy atom. The Balaban J connectivity index is 2.40. The van der Waals surface area contributed by atoms with Crippen molar-refractivity contribution >= 4 is 23.2 Å². The standard InChI is InChI=1S/C12H16ClNO3/c1-2-6-17-7-5-12(16)14-11-4-3-9(15)8-10(11)13/h3-4,8,15H,2,5-7H2,1H3,(H,14,16). The molecule has 0 aromatic heterocycles. The summed E-state index contributed by atoms with van der Waals surface area (Å²) in [6.45, 7) is 3.07. The lowest BCUT2D eigenvalue weighted by Gasteiger charge is -2.07. The first-order valence-corrected chi connectivity index (χ1v) is 5.87. The summed E-state index contributed by atoms with van der Waals surface area (Å²) < 4.78 is 5.21. The number of nitrogens with one attached hydrogen (secondary N) is 1. The third-order valence-electron chi connectivity index (χ3n) is 2.05. The van der Waals surface area contributed by atoms with Gasteiger partial charge < -0.3 is 15.2 Å². The molecule has 4 nitrogen and oxygen atoms in total. The van der Waals surface area contributed by atoms with Crippen LogP contribution >= 0.6 is 11.6 Å². The maximum absolute atomic E-state index is 11.5. The average Bonchev–Trinajstić information content (AvgIpc) is 2.28. The van der Waals surface area contributed by atoms with Crippen LogP contribution in [0.4, 0.5) is 5.69 Å². The van der Waals surface area contributed by atoms with Gasteiger partial charge in [-0.3, -0.25) is 4.79 Å². The molecule has 0 aliphatic rings. The summed E-state index contributed by atoms with van der Waals surface area (Å²) in [4.78, 5) is 11.5. The number of anilines is 1. The quantitative estimate of drug-likeness (QED) is 0.609. The first kappa shape index (κ1) is 13.8. The number of halogens is 1. The van der Waals surface area contributed by atoms with E-state index in [1.54, 1.807) is 6.07 Å². The molecule has 0 unspecified atom stereocenters. The largest absolute Gasteiger partial charge is 0.508 e. The van der Waals surface area contributed by atoms with Crippen molar-refractivity contribution in [2.24, 2.45) is 0 Å². The molecule has 0 spiro atoms. The monoisotopic (exact) mass is 257 g/mol. The molecule has 0 heterocycles. The predicted octanol–water partition coefficient (Wildman–Crippen LogP) is 2.80. The minimum Gasteiger partial charge on any atom is -0.508 e. The highest BCUT2D eigenvalue weighted by molar-refractivity contribution is 6.33. The fourth-order valence-electron chi connectivity index (χ4n) is 1.23. The number of rotatable bonds is 6. The Hall–Kier alpha value is -1.26. The van der Waals surface area contributed by atoms with Crippen LogP contribution in [0.5, 0.6) is 5.75 Å². The van der Waals surface area contributed by atoms with Crippen LogP contribution in [-0.4, -0.2) is 24.2 Å². The molecular formula is C12H16ClNO3. The van der Waals surface area contributed by atoms with Crippen molar-refractivity contribution in [3.8, 4) is 5.75 Å². The fraction of sp³-hybridized carbons (Fsp3) is 0.417. The van der Waals surface area contributed by atoms with Crippen LogP contribution in [0.2, 0.25) is 5.02 Å². The Kier molecular flexibility index (Phi) is 5.80. The van der Waals surface area contributed by atoms with Crippen LogP contribution in [0.25, 0.3) is 0 Å². The fourth-order valence-corrected chi connectivity index (χ4v) is 1.45. The maximum Gasteiger partial charge on any atom is 0.226 e. The summed E-state index contributed by atoms with van der Waals surface area (Å²) in [6, 6.07) is 4.41. The minimum absolute atomic E-state index is 0.0688. The van der Waals surface area contributed by atoms with Gasteiger partial charge >= 0.3 is 0 Å². The number of hydrogen-bond donors (Lipinski definition) is 2. The number of amides is 1. The first-order chi connectivity index (χ1) is 8.13. The Morgan fingerprint density at radius 1 is 1.47 bits per heavy atom. The predicted molar refractivity (Wildman–Crippen MR) is 67.5 cm³/mol. The number of carbonyl (C=O) groups excluding carboxylic acids is 1. The number of benzene rings is 1. The number of ether oxygens (including phenoxy) is 1. The van der Waals surface area contributed by atoms with Gasteiger partial charge in [-0.15, -0.1) is 0 Å². The lowest BCUT2D eigenvalue weighted by atomic mass is 10.3. The van der Waals surface area contributed by atoms with Crippen molar-refractivity contribution in [2.45, 2.75) is 19.8 Å². The molecule has 0 atom stereocenters. The minimum atomic E-state index is -0.159. The van der Waals surface area contributed by atoms with Crippen LogP contribution in [-0.2, 0) is 9.53 Å². The number of aromatic hydroxyl groups is 1. The third kappa shape index (κ3) is 5.06. The second kappa shape index (κ2) is 7.14. The van der Waals surface area contributed by atoms with Gasteiger partial charge in [0.05, 0.1) is 23.7 Å². The highest BCUT2D eigenvalue weighted by atomic mass is 35.5. The van der Waals surface area contributed by atoms with Gasteiger partial charge in [-0.1, -0.05) is 18.5 Å². The zero-order valence-corrected chi connectivity index (χ0v) is 10.5. The third-order valence-corrected chi connectivity index (χ3v) is 2.36. The molecule has 0 fully saturated rings. The Morgan fingerprint density at radius 2 is 2.24 bits per heavy atom. The molecule has 1 aromatic carbocycles. The van der Waals surface area contributed by atoms with Gasteiger partial charge in [0.25, 0.3) is 0 Å². The molecule has 5 heteroatoms. The highest BCUT2D eigenvalue weighted by Gasteiger charge is 2.06. The van der Waals surface area contributed by atoms with Crippen LogP contribution in [0.3, 0.4) is 0 Å². The first-order valence-electron chi connectivity index (χ1n) is 5.49. The Labute approximate surface area is 106 Å². The van der Waals surface area contributed by atoms with Crippen molar-refractivity contribution in [3.05, 3.63) is 23.2 Å². The zero-order valence-electron chi connectivity index (χ0n) is 9.70. The lowest BCUT2D eigenvalue weighted by Crippen LogP contribution is -2.14. The van der Waals surface area contributed by atoms with Crippen molar-refractivity contribution in [1.82, 2.24) is 0 Å². The van der Waals surface area contributed by atoms with Gasteiger partial charge in [0.2, 0.25) is 5.91 Å². The second-order valence-corrected chi connectivity index (χ2v) is 3.98. The summed E-state index contributed by atoms with van der Waals surface area (Å²) >= 11 is 5.85. The molecule has 94 valence electrons. The van der Waals surface area contributed by atoms with Crippen LogP contribution in [0, 0.1) is 0 Å². The van der Waals surface area contributed by atoms with E-state index in [-0.39, 0.29) is 18.1 Å². The SMILES string of the molecule is CCCOCCC(=O)Nc1ccc(O)cc1Cl. The molecule has 0 aliphatic heterocycles. The molecule has 0 bridgehead atoms. The summed E-state index contributed by atoms with van der Waals surface area (Å²) in [5, 5.41) is 12.1. The van der Waals surface area contributed by atoms with Crippen LogP contribution in [0.1, 0.15) is 19.8 Å². The van der Waals surface area contributed by atoms with Gasteiger partial charge in [0.1, 0.15) is 5.75 Å². The maximum atomic E-state index is 11.5. The van der Waals surface area contributed by atoms with Gasteiger partial charge in [-0.25, -0.2) is 0 Å². The molecule has 0 radical (unpaired) electrons. The van der Waals surface area contributed by atoms with Crippen LogP contribution < -0.4 is 5.32 Å². The van der Waals surface area contributed by atoms with E-state index in [0.717, 1.165) is 6.42 Å². The average molecular weight is 258 g/mol. The number of carbonyl (C=O) groups is 1. The highest BCUT2D eigenvalue weighted by Crippen LogP contribution is 2.25. The molecular weight excluding hydrogens is 242 g/mol. The summed E-state index contributed by atoms with van der Waals surface area (Å²) in [6.07, 6.45) is 1.22. The van der Waals surface area contributed by atoms with Crippen molar-refractivity contribution in [1.29, 1.82) is 0 Å². The van der Waals surface area contributed by atoms with E-state index in [1.165, 1.54) is 12.1 Å². The molecule has 1 rings (SSSR count). The van der Waals surface area contributed by atoms with E-state index in [2.05, 4.69) is 5.32 Å². The number of hydrogen-bond acceptors (Lipinski definition) is 3. The molecule has 17 heavy (non-hydrogen) atoms. The Bertz CT molecular complexity index is 382. The molecule has 0 aliphatic carbocycles. The number of phenols is 1. The topological polar surface area (TPSA) is 58.6 Å². The van der Waals surface area contributed by atoms with E-state index >= 15 is 0 Å². The molecule has 0 saturated heterocycles. The van der Waals surface area contributed by atoms with Crippen LogP contribution in [0.15, 0.2) is 18.2 Å². The van der Waals surface area contributed by atoms with E-state index in [9.17, 15) is 4.79 Å². The van der Waals surface area contributed by atoms with Crippen molar-refractivity contribution in [3.63, 3.8) is 0 Å². The van der Waals surface area contributed by atoms with E-state index in [0.29, 0.717) is 23.9 Å². The molecule has 0 saturated carbocycles. The van der Waals surface area contributed by atoms with Crippen molar-refractivity contribution in [2.75, 3.05) is 18.5 Å². The molecule has 1 amide bonds. The van der Waals surface area contributed by atoms with E-state index in [4.69, 9.17) is 21.4 Å². The molecule has 1 aromatic rings. The zero-order chi connectivity index (χ0) is 12.7. The summed E-state index contributed by atoms with van der Waals surface area (Å²) in [7, 11) is 0. The van der Waals surface area contributed by atoms with Gasteiger partial charge in [-0.05, 0) is 18.6 Å². The van der Waals surface area contributed by atoms with E-state index in [1.807, 2.05) is 6.92 Å². The normalized spacial score (nSPS) is 10.2.